The summed E-state index contributed by atoms with van der Waals surface area (Å²) in [5.74, 6) is 2.79. The summed E-state index contributed by atoms with van der Waals surface area (Å²) in [5, 5.41) is 0.640. The molecule has 0 N–H and O–H groups in total. The summed E-state index contributed by atoms with van der Waals surface area (Å²) in [7, 11) is 2.15. The summed E-state index contributed by atoms with van der Waals surface area (Å²) in [4.78, 5) is 30.9. The van der Waals surface area contributed by atoms with Crippen molar-refractivity contribution in [2.75, 3.05) is 69.2 Å². The second kappa shape index (κ2) is 8.55. The lowest BCUT2D eigenvalue weighted by Crippen LogP contribution is -2.49. The number of aryl methyl sites for hydroxylation is 1. The van der Waals surface area contributed by atoms with Crippen LogP contribution in [0.25, 0.3) is 0 Å². The van der Waals surface area contributed by atoms with Crippen LogP contribution in [0, 0.1) is 6.92 Å². The number of rotatable bonds is 3. The summed E-state index contributed by atoms with van der Waals surface area (Å²) < 4.78 is 0. The Balaban J connectivity index is 1.41. The number of halogens is 1. The lowest BCUT2D eigenvalue weighted by atomic mass is 10.2. The van der Waals surface area contributed by atoms with Crippen molar-refractivity contribution in [1.82, 2.24) is 19.8 Å². The Morgan fingerprint density at radius 2 is 1.38 bits per heavy atom. The lowest BCUT2D eigenvalue weighted by molar-refractivity contribution is 0.0746. The largest absolute Gasteiger partial charge is 0.354 e. The number of likely N-dealkylation sites (N-methyl/N-ethyl adjacent to an activating group) is 1. The van der Waals surface area contributed by atoms with Crippen LogP contribution in [0.2, 0.25) is 5.02 Å². The SMILES string of the molecule is Cc1nc(N2CCN(C)CC2)cc(N2CCN(C(=O)c3ccc(Cl)cc3)CC2)n1. The van der Waals surface area contributed by atoms with Gasteiger partial charge in [0.2, 0.25) is 0 Å². The Labute approximate surface area is 176 Å². The smallest absolute Gasteiger partial charge is 0.253 e. The molecule has 2 saturated heterocycles. The maximum absolute atomic E-state index is 12.7. The highest BCUT2D eigenvalue weighted by Gasteiger charge is 2.24. The fourth-order valence-electron chi connectivity index (χ4n) is 3.81. The predicted octanol–water partition coefficient (Wildman–Crippen LogP) is 2.15. The lowest BCUT2D eigenvalue weighted by Gasteiger charge is -2.37. The molecular weight excluding hydrogens is 388 g/mol. The van der Waals surface area contributed by atoms with Crippen LogP contribution < -0.4 is 9.80 Å². The molecule has 2 aliphatic heterocycles. The molecule has 2 aliphatic rings. The molecule has 1 aromatic carbocycles. The van der Waals surface area contributed by atoms with Crippen molar-refractivity contribution in [2.45, 2.75) is 6.92 Å². The topological polar surface area (TPSA) is 55.8 Å². The van der Waals surface area contributed by atoms with Crippen LogP contribution in [0.15, 0.2) is 30.3 Å². The Morgan fingerprint density at radius 1 is 0.862 bits per heavy atom. The number of amides is 1. The van der Waals surface area contributed by atoms with Gasteiger partial charge >= 0.3 is 0 Å². The molecule has 3 heterocycles. The van der Waals surface area contributed by atoms with Crippen molar-refractivity contribution in [1.29, 1.82) is 0 Å². The molecule has 0 radical (unpaired) electrons. The van der Waals surface area contributed by atoms with E-state index in [-0.39, 0.29) is 5.91 Å². The van der Waals surface area contributed by atoms with Crippen molar-refractivity contribution in [3.05, 3.63) is 46.7 Å². The van der Waals surface area contributed by atoms with E-state index in [0.29, 0.717) is 23.7 Å². The first-order valence-electron chi connectivity index (χ1n) is 10.1. The number of hydrogen-bond acceptors (Lipinski definition) is 6. The fraction of sp³-hybridized carbons (Fsp3) is 0.476. The van der Waals surface area contributed by atoms with Crippen LogP contribution in [0.3, 0.4) is 0 Å². The van der Waals surface area contributed by atoms with Crippen LogP contribution in [-0.2, 0) is 0 Å². The molecule has 1 aromatic heterocycles. The molecule has 2 fully saturated rings. The normalized spacial score (nSPS) is 18.2. The molecular formula is C21H27ClN6O. The van der Waals surface area contributed by atoms with Gasteiger partial charge in [0.15, 0.2) is 0 Å². The van der Waals surface area contributed by atoms with Gasteiger partial charge in [-0.25, -0.2) is 9.97 Å². The number of nitrogens with zero attached hydrogens (tertiary/aromatic N) is 6. The van der Waals surface area contributed by atoms with Gasteiger partial charge in [-0.15, -0.1) is 0 Å². The van der Waals surface area contributed by atoms with E-state index in [1.165, 1.54) is 0 Å². The highest BCUT2D eigenvalue weighted by Crippen LogP contribution is 2.22. The zero-order valence-corrected chi connectivity index (χ0v) is 17.8. The minimum atomic E-state index is 0.0540. The monoisotopic (exact) mass is 414 g/mol. The summed E-state index contributed by atoms with van der Waals surface area (Å²) in [6, 6.07) is 9.18. The molecule has 4 rings (SSSR count). The minimum absolute atomic E-state index is 0.0540. The van der Waals surface area contributed by atoms with Gasteiger partial charge in [0, 0.05) is 69.0 Å². The zero-order valence-electron chi connectivity index (χ0n) is 17.0. The maximum atomic E-state index is 12.7. The van der Waals surface area contributed by atoms with Crippen LogP contribution >= 0.6 is 11.6 Å². The van der Waals surface area contributed by atoms with E-state index < -0.39 is 0 Å². The van der Waals surface area contributed by atoms with E-state index in [0.717, 1.165) is 56.7 Å². The molecule has 8 heteroatoms. The predicted molar refractivity (Wildman–Crippen MR) is 116 cm³/mol. The zero-order chi connectivity index (χ0) is 20.4. The third-order valence-corrected chi connectivity index (χ3v) is 5.87. The van der Waals surface area contributed by atoms with Gasteiger partial charge in [0.25, 0.3) is 5.91 Å². The van der Waals surface area contributed by atoms with E-state index in [1.54, 1.807) is 24.3 Å². The summed E-state index contributed by atoms with van der Waals surface area (Å²) >= 11 is 5.93. The van der Waals surface area contributed by atoms with Crippen molar-refractivity contribution < 1.29 is 4.79 Å². The van der Waals surface area contributed by atoms with Gasteiger partial charge in [0.05, 0.1) is 0 Å². The molecule has 154 valence electrons. The molecule has 0 saturated carbocycles. The molecule has 1 amide bonds. The van der Waals surface area contributed by atoms with E-state index in [1.807, 2.05) is 11.8 Å². The molecule has 0 spiro atoms. The second-order valence-electron chi connectivity index (χ2n) is 7.71. The first-order valence-corrected chi connectivity index (χ1v) is 10.5. The number of anilines is 2. The van der Waals surface area contributed by atoms with Gasteiger partial charge in [-0.2, -0.15) is 0 Å². The van der Waals surface area contributed by atoms with Crippen molar-refractivity contribution in [3.63, 3.8) is 0 Å². The third-order valence-electron chi connectivity index (χ3n) is 5.62. The Hall–Kier alpha value is -2.38. The van der Waals surface area contributed by atoms with Gasteiger partial charge < -0.3 is 19.6 Å². The number of carbonyl (C=O) groups is 1. The molecule has 2 aromatic rings. The van der Waals surface area contributed by atoms with Crippen LogP contribution in [0.4, 0.5) is 11.6 Å². The number of carbonyl (C=O) groups excluding carboxylic acids is 1. The Bertz CT molecular complexity index is 858. The van der Waals surface area contributed by atoms with Crippen LogP contribution in [0.5, 0.6) is 0 Å². The van der Waals surface area contributed by atoms with Crippen LogP contribution in [0.1, 0.15) is 16.2 Å². The van der Waals surface area contributed by atoms with Crippen molar-refractivity contribution >= 4 is 29.1 Å². The fourth-order valence-corrected chi connectivity index (χ4v) is 3.94. The first-order chi connectivity index (χ1) is 14.0. The van der Waals surface area contributed by atoms with E-state index in [9.17, 15) is 4.79 Å². The highest BCUT2D eigenvalue weighted by molar-refractivity contribution is 6.30. The number of aromatic nitrogens is 2. The standard InChI is InChI=1S/C21H27ClN6O/c1-16-23-19(26-9-7-25(2)8-10-26)15-20(24-16)27-11-13-28(14-12-27)21(29)17-3-5-18(22)6-4-17/h3-6,15H,7-14H2,1-2H3. The van der Waals surface area contributed by atoms with Gasteiger partial charge in [0.1, 0.15) is 17.5 Å². The van der Waals surface area contributed by atoms with Crippen LogP contribution in [-0.4, -0.2) is 85.1 Å². The summed E-state index contributed by atoms with van der Waals surface area (Å²) in [6.07, 6.45) is 0. The number of hydrogen-bond donors (Lipinski definition) is 0. The maximum Gasteiger partial charge on any atom is 0.253 e. The molecule has 0 unspecified atom stereocenters. The number of benzene rings is 1. The third kappa shape index (κ3) is 4.62. The van der Waals surface area contributed by atoms with Gasteiger partial charge in [-0.05, 0) is 38.2 Å². The first kappa shape index (κ1) is 19.9. The van der Waals surface area contributed by atoms with E-state index in [4.69, 9.17) is 11.6 Å². The average Bonchev–Trinajstić information content (AvgIpc) is 2.74. The van der Waals surface area contributed by atoms with Crippen molar-refractivity contribution in [3.8, 4) is 0 Å². The Kier molecular flexibility index (Phi) is 5.87. The number of piperazine rings is 2. The van der Waals surface area contributed by atoms with E-state index >= 15 is 0 Å². The second-order valence-corrected chi connectivity index (χ2v) is 8.14. The van der Waals surface area contributed by atoms with E-state index in [2.05, 4.69) is 37.8 Å². The molecule has 7 nitrogen and oxygen atoms in total. The molecule has 0 aliphatic carbocycles. The minimum Gasteiger partial charge on any atom is -0.354 e. The summed E-state index contributed by atoms with van der Waals surface area (Å²) in [6.45, 7) is 8.88. The highest BCUT2D eigenvalue weighted by atomic mass is 35.5. The average molecular weight is 415 g/mol. The summed E-state index contributed by atoms with van der Waals surface area (Å²) in [5.41, 5.74) is 0.679. The Morgan fingerprint density at radius 3 is 1.93 bits per heavy atom. The van der Waals surface area contributed by atoms with Gasteiger partial charge in [-0.1, -0.05) is 11.6 Å². The molecule has 0 bridgehead atoms. The molecule has 29 heavy (non-hydrogen) atoms. The molecule has 0 atom stereocenters. The van der Waals surface area contributed by atoms with Gasteiger partial charge in [-0.3, -0.25) is 4.79 Å². The quantitative estimate of drug-likeness (QED) is 0.767. The van der Waals surface area contributed by atoms with Crippen molar-refractivity contribution in [2.24, 2.45) is 0 Å².